The molecule has 1 saturated heterocycles. The van der Waals surface area contributed by atoms with Crippen LogP contribution in [0.25, 0.3) is 0 Å². The van der Waals surface area contributed by atoms with Gasteiger partial charge >= 0.3 is 0 Å². The molecule has 0 saturated carbocycles. The summed E-state index contributed by atoms with van der Waals surface area (Å²) in [5, 5.41) is 0. The lowest BCUT2D eigenvalue weighted by atomic mass is 10.0. The maximum absolute atomic E-state index is 5.96. The molecule has 4 nitrogen and oxygen atoms in total. The van der Waals surface area contributed by atoms with Gasteiger partial charge in [0.1, 0.15) is 12.9 Å². The van der Waals surface area contributed by atoms with Crippen molar-refractivity contribution < 1.29 is 18.9 Å². The summed E-state index contributed by atoms with van der Waals surface area (Å²) in [6.45, 7) is 7.14. The molecule has 1 fully saturated rings. The van der Waals surface area contributed by atoms with Crippen molar-refractivity contribution in [2.24, 2.45) is 0 Å². The van der Waals surface area contributed by atoms with Gasteiger partial charge < -0.3 is 18.9 Å². The van der Waals surface area contributed by atoms with Gasteiger partial charge in [0, 0.05) is 7.11 Å². The summed E-state index contributed by atoms with van der Waals surface area (Å²) in [5.41, 5.74) is 0. The summed E-state index contributed by atoms with van der Waals surface area (Å²) in [7, 11) is 1.66. The Bertz CT molecular complexity index is 319. The van der Waals surface area contributed by atoms with E-state index in [1.165, 1.54) is 77.0 Å². The van der Waals surface area contributed by atoms with Gasteiger partial charge in [-0.05, 0) is 20.3 Å². The fourth-order valence-corrected chi connectivity index (χ4v) is 3.62. The van der Waals surface area contributed by atoms with Gasteiger partial charge in [-0.25, -0.2) is 0 Å². The van der Waals surface area contributed by atoms with Crippen LogP contribution in [0.1, 0.15) is 104 Å². The maximum Gasteiger partial charge on any atom is 0.163 e. The molecule has 0 aromatic carbocycles. The first kappa shape index (κ1) is 23.9. The number of methoxy groups -OCH3 is 1. The van der Waals surface area contributed by atoms with Gasteiger partial charge in [-0.15, -0.1) is 0 Å². The van der Waals surface area contributed by atoms with Crippen molar-refractivity contribution in [3.05, 3.63) is 0 Å². The molecule has 1 aliphatic heterocycles. The van der Waals surface area contributed by atoms with E-state index in [2.05, 4.69) is 6.92 Å². The van der Waals surface area contributed by atoms with E-state index in [0.717, 1.165) is 6.42 Å². The largest absolute Gasteiger partial charge is 0.359 e. The van der Waals surface area contributed by atoms with E-state index < -0.39 is 5.79 Å². The Morgan fingerprint density at radius 2 is 1.42 bits per heavy atom. The van der Waals surface area contributed by atoms with E-state index in [1.54, 1.807) is 7.11 Å². The highest BCUT2D eigenvalue weighted by Gasteiger charge is 2.37. The average molecular weight is 373 g/mol. The molecule has 4 heteroatoms. The smallest absolute Gasteiger partial charge is 0.163 e. The summed E-state index contributed by atoms with van der Waals surface area (Å²) in [6, 6.07) is 0. The molecule has 1 aliphatic rings. The number of hydrogen-bond acceptors (Lipinski definition) is 4. The van der Waals surface area contributed by atoms with E-state index >= 15 is 0 Å². The lowest BCUT2D eigenvalue weighted by Gasteiger charge is -2.24. The zero-order valence-corrected chi connectivity index (χ0v) is 17.9. The topological polar surface area (TPSA) is 36.9 Å². The Morgan fingerprint density at radius 1 is 0.885 bits per heavy atom. The second-order valence-electron chi connectivity index (χ2n) is 8.16. The standard InChI is InChI=1S/C22H44O4/c1-5-6-7-8-9-10-11-12-13-14-15-16-17-20(24-19-23-4)21-18-25-22(2,3)26-21/h20-21H,5-19H2,1-4H3/t20-,21+/m0/s1. The predicted molar refractivity (Wildman–Crippen MR) is 107 cm³/mol. The minimum absolute atomic E-state index is 0.0212. The Kier molecular flexibility index (Phi) is 13.6. The van der Waals surface area contributed by atoms with Crippen molar-refractivity contribution >= 4 is 0 Å². The first-order chi connectivity index (χ1) is 12.6. The number of ether oxygens (including phenoxy) is 4. The quantitative estimate of drug-likeness (QED) is 0.224. The van der Waals surface area contributed by atoms with Crippen LogP contribution in [0.15, 0.2) is 0 Å². The molecule has 156 valence electrons. The van der Waals surface area contributed by atoms with Crippen molar-refractivity contribution in [1.82, 2.24) is 0 Å². The zero-order valence-electron chi connectivity index (χ0n) is 17.9. The van der Waals surface area contributed by atoms with Gasteiger partial charge in [0.25, 0.3) is 0 Å². The number of unbranched alkanes of at least 4 members (excludes halogenated alkanes) is 11. The van der Waals surface area contributed by atoms with Crippen LogP contribution in [0.2, 0.25) is 0 Å². The van der Waals surface area contributed by atoms with Gasteiger partial charge in [-0.2, -0.15) is 0 Å². The van der Waals surface area contributed by atoms with Crippen molar-refractivity contribution in [1.29, 1.82) is 0 Å². The molecule has 26 heavy (non-hydrogen) atoms. The lowest BCUT2D eigenvalue weighted by molar-refractivity contribution is -0.170. The van der Waals surface area contributed by atoms with Crippen LogP contribution in [0.5, 0.6) is 0 Å². The summed E-state index contributed by atoms with van der Waals surface area (Å²) in [6.07, 6.45) is 17.5. The number of hydrogen-bond donors (Lipinski definition) is 0. The Balaban J connectivity index is 2.01. The first-order valence-corrected chi connectivity index (χ1v) is 11.0. The fourth-order valence-electron chi connectivity index (χ4n) is 3.62. The number of rotatable bonds is 17. The van der Waals surface area contributed by atoms with Crippen LogP contribution >= 0.6 is 0 Å². The molecular formula is C22H44O4. The Hall–Kier alpha value is -0.160. The third-order valence-electron chi connectivity index (χ3n) is 5.19. The molecular weight excluding hydrogens is 328 g/mol. The summed E-state index contributed by atoms with van der Waals surface area (Å²) < 4.78 is 22.6. The summed E-state index contributed by atoms with van der Waals surface area (Å²) in [5.74, 6) is -0.490. The third kappa shape index (κ3) is 11.5. The molecule has 0 N–H and O–H groups in total. The molecule has 0 aliphatic carbocycles. The third-order valence-corrected chi connectivity index (χ3v) is 5.19. The highest BCUT2D eigenvalue weighted by molar-refractivity contribution is 4.78. The molecule has 0 radical (unpaired) electrons. The highest BCUT2D eigenvalue weighted by atomic mass is 16.8. The monoisotopic (exact) mass is 372 g/mol. The van der Waals surface area contributed by atoms with E-state index in [1.807, 2.05) is 13.8 Å². The molecule has 0 bridgehead atoms. The van der Waals surface area contributed by atoms with E-state index in [9.17, 15) is 0 Å². The summed E-state index contributed by atoms with van der Waals surface area (Å²) >= 11 is 0. The van der Waals surface area contributed by atoms with Crippen molar-refractivity contribution in [3.63, 3.8) is 0 Å². The van der Waals surface area contributed by atoms with E-state index in [0.29, 0.717) is 13.4 Å². The van der Waals surface area contributed by atoms with Crippen LogP contribution in [-0.4, -0.2) is 38.5 Å². The first-order valence-electron chi connectivity index (χ1n) is 11.0. The Morgan fingerprint density at radius 3 is 1.88 bits per heavy atom. The molecule has 0 aromatic rings. The lowest BCUT2D eigenvalue weighted by Crippen LogP contribution is -2.33. The zero-order chi connectivity index (χ0) is 19.1. The molecule has 0 aromatic heterocycles. The van der Waals surface area contributed by atoms with Gasteiger partial charge in [0.2, 0.25) is 0 Å². The van der Waals surface area contributed by atoms with Crippen LogP contribution < -0.4 is 0 Å². The van der Waals surface area contributed by atoms with E-state index in [4.69, 9.17) is 18.9 Å². The van der Waals surface area contributed by atoms with Crippen LogP contribution in [0, 0.1) is 0 Å². The highest BCUT2D eigenvalue weighted by Crippen LogP contribution is 2.27. The maximum atomic E-state index is 5.96. The van der Waals surface area contributed by atoms with Gasteiger partial charge in [0.15, 0.2) is 5.79 Å². The molecule has 0 unspecified atom stereocenters. The minimum atomic E-state index is -0.490. The van der Waals surface area contributed by atoms with Crippen molar-refractivity contribution in [2.75, 3.05) is 20.5 Å². The molecule has 0 amide bonds. The second kappa shape index (κ2) is 14.8. The SMILES string of the molecule is CCCCCCCCCCCCCC[C@H](OCOC)[C@H]1COC(C)(C)O1. The van der Waals surface area contributed by atoms with E-state index in [-0.39, 0.29) is 12.2 Å². The molecule has 2 atom stereocenters. The van der Waals surface area contributed by atoms with Crippen LogP contribution in [-0.2, 0) is 18.9 Å². The van der Waals surface area contributed by atoms with Gasteiger partial charge in [-0.3, -0.25) is 0 Å². The van der Waals surface area contributed by atoms with Crippen LogP contribution in [0.4, 0.5) is 0 Å². The van der Waals surface area contributed by atoms with Gasteiger partial charge in [0.05, 0.1) is 12.7 Å². The molecule has 1 rings (SSSR count). The van der Waals surface area contributed by atoms with Crippen molar-refractivity contribution in [2.45, 2.75) is 122 Å². The molecule has 1 heterocycles. The normalized spacial score (nSPS) is 20.5. The summed E-state index contributed by atoms with van der Waals surface area (Å²) in [4.78, 5) is 0. The Labute approximate surface area is 162 Å². The van der Waals surface area contributed by atoms with Crippen molar-refractivity contribution in [3.8, 4) is 0 Å². The molecule has 0 spiro atoms. The van der Waals surface area contributed by atoms with Gasteiger partial charge in [-0.1, -0.05) is 84.0 Å². The average Bonchev–Trinajstić information content (AvgIpc) is 2.98. The second-order valence-corrected chi connectivity index (χ2v) is 8.16. The predicted octanol–water partition coefficient (Wildman–Crippen LogP) is 6.22. The minimum Gasteiger partial charge on any atom is -0.359 e. The fraction of sp³-hybridized carbons (Fsp3) is 1.00. The van der Waals surface area contributed by atoms with Crippen LogP contribution in [0.3, 0.4) is 0 Å².